The Bertz CT molecular complexity index is 367. The highest BCUT2D eigenvalue weighted by molar-refractivity contribution is 5.99. The summed E-state index contributed by atoms with van der Waals surface area (Å²) in [6.45, 7) is 9.77. The van der Waals surface area contributed by atoms with Gasteiger partial charge in [-0.15, -0.1) is 0 Å². The van der Waals surface area contributed by atoms with Crippen molar-refractivity contribution < 1.29 is 0 Å². The minimum atomic E-state index is 0.778. The van der Waals surface area contributed by atoms with Crippen molar-refractivity contribution in [3.63, 3.8) is 0 Å². The Labute approximate surface area is 98.3 Å². The lowest BCUT2D eigenvalue weighted by atomic mass is 10.1. The zero-order valence-corrected chi connectivity index (χ0v) is 10.8. The van der Waals surface area contributed by atoms with E-state index in [1.807, 2.05) is 40.1 Å². The van der Waals surface area contributed by atoms with Gasteiger partial charge in [-0.25, -0.2) is 0 Å². The van der Waals surface area contributed by atoms with E-state index in [-0.39, 0.29) is 0 Å². The normalized spacial score (nSPS) is 10.2. The number of aryl methyl sites for hydroxylation is 1. The van der Waals surface area contributed by atoms with E-state index in [4.69, 9.17) is 0 Å². The van der Waals surface area contributed by atoms with Crippen molar-refractivity contribution in [1.82, 2.24) is 10.3 Å². The van der Waals surface area contributed by atoms with Gasteiger partial charge in [-0.1, -0.05) is 26.5 Å². The number of pyridine rings is 1. The molecule has 0 bridgehead atoms. The van der Waals surface area contributed by atoms with E-state index in [2.05, 4.69) is 21.9 Å². The highest BCUT2D eigenvalue weighted by Gasteiger charge is 2.06. The SMILES string of the molecule is C=Cc1cc(C)cnc1C(=NC)NC.CC. The summed E-state index contributed by atoms with van der Waals surface area (Å²) < 4.78 is 0. The molecule has 0 unspecified atom stereocenters. The van der Waals surface area contributed by atoms with Gasteiger partial charge in [0.25, 0.3) is 0 Å². The molecule has 0 atom stereocenters. The van der Waals surface area contributed by atoms with Crippen LogP contribution in [0.5, 0.6) is 0 Å². The van der Waals surface area contributed by atoms with Crippen molar-refractivity contribution in [2.45, 2.75) is 20.8 Å². The maximum Gasteiger partial charge on any atom is 0.147 e. The fraction of sp³-hybridized carbons (Fsp3) is 0.385. The molecule has 0 aliphatic rings. The molecule has 0 radical (unpaired) electrons. The molecule has 16 heavy (non-hydrogen) atoms. The molecule has 0 saturated heterocycles. The number of nitrogens with zero attached hydrogens (tertiary/aromatic N) is 2. The molecule has 0 aliphatic carbocycles. The number of rotatable bonds is 2. The number of aromatic nitrogens is 1. The summed E-state index contributed by atoms with van der Waals surface area (Å²) in [4.78, 5) is 8.44. The Morgan fingerprint density at radius 3 is 2.56 bits per heavy atom. The number of nitrogens with one attached hydrogen (secondary N) is 1. The summed E-state index contributed by atoms with van der Waals surface area (Å²) in [5, 5.41) is 3.00. The predicted molar refractivity (Wildman–Crippen MR) is 71.9 cm³/mol. The molecular formula is C13H21N3. The summed E-state index contributed by atoms with van der Waals surface area (Å²) >= 11 is 0. The van der Waals surface area contributed by atoms with Gasteiger partial charge in [0, 0.05) is 25.9 Å². The molecule has 1 aromatic rings. The lowest BCUT2D eigenvalue weighted by Gasteiger charge is -2.07. The van der Waals surface area contributed by atoms with Crippen molar-refractivity contribution in [3.05, 3.63) is 35.7 Å². The third-order valence-electron chi connectivity index (χ3n) is 1.96. The van der Waals surface area contributed by atoms with Gasteiger partial charge in [-0.05, 0) is 18.6 Å². The Hall–Kier alpha value is -1.64. The largest absolute Gasteiger partial charge is 0.372 e. The molecule has 1 rings (SSSR count). The summed E-state index contributed by atoms with van der Waals surface area (Å²) in [7, 11) is 3.57. The Kier molecular flexibility index (Phi) is 6.84. The van der Waals surface area contributed by atoms with Gasteiger partial charge in [-0.2, -0.15) is 0 Å². The van der Waals surface area contributed by atoms with E-state index in [1.165, 1.54) is 0 Å². The standard InChI is InChI=1S/C11H15N3.C2H6/c1-5-9-6-8(2)7-14-10(9)11(12-3)13-4;1-2/h5-7H,1H2,2-4H3,(H,12,13);1-2H3. The van der Waals surface area contributed by atoms with Gasteiger partial charge < -0.3 is 5.32 Å². The Morgan fingerprint density at radius 2 is 2.12 bits per heavy atom. The van der Waals surface area contributed by atoms with E-state index < -0.39 is 0 Å². The lowest BCUT2D eigenvalue weighted by molar-refractivity contribution is 1.11. The van der Waals surface area contributed by atoms with Crippen molar-refractivity contribution in [2.24, 2.45) is 4.99 Å². The molecule has 88 valence electrons. The third kappa shape index (κ3) is 3.50. The van der Waals surface area contributed by atoms with E-state index in [9.17, 15) is 0 Å². The van der Waals surface area contributed by atoms with Crippen LogP contribution in [0.25, 0.3) is 6.08 Å². The van der Waals surface area contributed by atoms with Gasteiger partial charge >= 0.3 is 0 Å². The summed E-state index contributed by atoms with van der Waals surface area (Å²) in [5.74, 6) is 0.778. The highest BCUT2D eigenvalue weighted by Crippen LogP contribution is 2.10. The second kappa shape index (κ2) is 7.63. The molecule has 0 saturated carbocycles. The lowest BCUT2D eigenvalue weighted by Crippen LogP contribution is -2.21. The average molecular weight is 219 g/mol. The van der Waals surface area contributed by atoms with Crippen LogP contribution in [0.2, 0.25) is 0 Å². The van der Waals surface area contributed by atoms with Crippen LogP contribution in [0.4, 0.5) is 0 Å². The third-order valence-corrected chi connectivity index (χ3v) is 1.96. The van der Waals surface area contributed by atoms with Crippen molar-refractivity contribution in [2.75, 3.05) is 14.1 Å². The van der Waals surface area contributed by atoms with E-state index in [0.29, 0.717) is 0 Å². The minimum absolute atomic E-state index is 0.778. The van der Waals surface area contributed by atoms with Crippen LogP contribution in [-0.2, 0) is 0 Å². The zero-order valence-electron chi connectivity index (χ0n) is 10.8. The quantitative estimate of drug-likeness (QED) is 0.613. The van der Waals surface area contributed by atoms with Gasteiger partial charge in [0.15, 0.2) is 0 Å². The molecule has 1 N–H and O–H groups in total. The van der Waals surface area contributed by atoms with Crippen molar-refractivity contribution in [1.29, 1.82) is 0 Å². The number of hydrogen-bond donors (Lipinski definition) is 1. The maximum absolute atomic E-state index is 4.33. The van der Waals surface area contributed by atoms with Crippen LogP contribution < -0.4 is 5.32 Å². The first kappa shape index (κ1) is 14.4. The number of aliphatic imine (C=N–C) groups is 1. The number of hydrogen-bond acceptors (Lipinski definition) is 2. The van der Waals surface area contributed by atoms with Crippen LogP contribution in [0.3, 0.4) is 0 Å². The molecule has 0 aliphatic heterocycles. The fourth-order valence-corrected chi connectivity index (χ4v) is 1.28. The smallest absolute Gasteiger partial charge is 0.147 e. The second-order valence-electron chi connectivity index (χ2n) is 2.98. The van der Waals surface area contributed by atoms with Crippen LogP contribution in [-0.4, -0.2) is 24.9 Å². The summed E-state index contributed by atoms with van der Waals surface area (Å²) in [6.07, 6.45) is 3.61. The molecule has 1 heterocycles. The topological polar surface area (TPSA) is 37.3 Å². The van der Waals surface area contributed by atoms with Crippen LogP contribution in [0.1, 0.15) is 30.7 Å². The average Bonchev–Trinajstić information content (AvgIpc) is 2.34. The zero-order chi connectivity index (χ0) is 12.6. The molecule has 0 amide bonds. The van der Waals surface area contributed by atoms with Crippen LogP contribution in [0, 0.1) is 6.92 Å². The number of amidine groups is 1. The van der Waals surface area contributed by atoms with Gasteiger partial charge in [0.2, 0.25) is 0 Å². The van der Waals surface area contributed by atoms with Gasteiger partial charge in [0.1, 0.15) is 11.5 Å². The molecule has 0 spiro atoms. The molecular weight excluding hydrogens is 198 g/mol. The monoisotopic (exact) mass is 219 g/mol. The van der Waals surface area contributed by atoms with Crippen LogP contribution >= 0.6 is 0 Å². The molecule has 0 fully saturated rings. The van der Waals surface area contributed by atoms with Crippen LogP contribution in [0.15, 0.2) is 23.8 Å². The first-order valence-electron chi connectivity index (χ1n) is 5.47. The molecule has 0 aromatic carbocycles. The van der Waals surface area contributed by atoms with Gasteiger partial charge in [0.05, 0.1) is 0 Å². The first-order chi connectivity index (χ1) is 7.72. The predicted octanol–water partition coefficient (Wildman–Crippen LogP) is 2.66. The first-order valence-corrected chi connectivity index (χ1v) is 5.47. The Balaban J connectivity index is 0.00000106. The second-order valence-corrected chi connectivity index (χ2v) is 2.98. The van der Waals surface area contributed by atoms with Crippen molar-refractivity contribution >= 4 is 11.9 Å². The molecule has 3 nitrogen and oxygen atoms in total. The summed E-state index contributed by atoms with van der Waals surface area (Å²) in [5.41, 5.74) is 2.96. The highest BCUT2D eigenvalue weighted by atomic mass is 15.0. The Morgan fingerprint density at radius 1 is 1.50 bits per heavy atom. The van der Waals surface area contributed by atoms with E-state index >= 15 is 0 Å². The molecule has 1 aromatic heterocycles. The minimum Gasteiger partial charge on any atom is -0.372 e. The van der Waals surface area contributed by atoms with E-state index in [0.717, 1.165) is 22.7 Å². The maximum atomic E-state index is 4.33. The fourth-order valence-electron chi connectivity index (χ4n) is 1.28. The van der Waals surface area contributed by atoms with E-state index in [1.54, 1.807) is 13.1 Å². The summed E-state index contributed by atoms with van der Waals surface area (Å²) in [6, 6.07) is 2.04. The van der Waals surface area contributed by atoms with Crippen molar-refractivity contribution in [3.8, 4) is 0 Å². The van der Waals surface area contributed by atoms with Gasteiger partial charge in [-0.3, -0.25) is 9.98 Å². The molecule has 3 heteroatoms.